The molecule has 0 atom stereocenters. The van der Waals surface area contributed by atoms with Gasteiger partial charge in [0.05, 0.1) is 0 Å². The predicted octanol–water partition coefficient (Wildman–Crippen LogP) is 3.51. The van der Waals surface area contributed by atoms with Gasteiger partial charge in [-0.1, -0.05) is 12.2 Å². The maximum absolute atomic E-state index is 12.7. The Balaban J connectivity index is 2.60. The van der Waals surface area contributed by atoms with Crippen LogP contribution < -0.4 is 0 Å². The van der Waals surface area contributed by atoms with E-state index in [1.807, 2.05) is 12.2 Å². The van der Waals surface area contributed by atoms with E-state index in [1.165, 1.54) is 12.1 Å². The number of hydrogen-bond acceptors (Lipinski definition) is 2. The first-order valence-electron chi connectivity index (χ1n) is 4.66. The molecule has 0 aliphatic rings. The Bertz CT molecular complexity index is 311. The molecule has 1 aromatic rings. The Morgan fingerprint density at radius 1 is 1.13 bits per heavy atom. The first-order valence-corrected chi connectivity index (χ1v) is 5.44. The summed E-state index contributed by atoms with van der Waals surface area (Å²) in [6, 6.07) is 6.45. The summed E-state index contributed by atoms with van der Waals surface area (Å²) < 4.78 is 14.8. The molecule has 0 aliphatic carbocycles. The molecule has 0 heterocycles. The van der Waals surface area contributed by atoms with Crippen LogP contribution in [0.5, 0.6) is 0 Å². The Kier molecular flexibility index (Phi) is 5.15. The third kappa shape index (κ3) is 4.32. The summed E-state index contributed by atoms with van der Waals surface area (Å²) in [7, 11) is 0. The number of benzene rings is 1. The van der Waals surface area contributed by atoms with E-state index in [9.17, 15) is 4.39 Å². The molecule has 0 unspecified atom stereocenters. The van der Waals surface area contributed by atoms with Gasteiger partial charge in [0.1, 0.15) is 5.82 Å². The van der Waals surface area contributed by atoms with Crippen molar-refractivity contribution >= 4 is 11.9 Å². The van der Waals surface area contributed by atoms with Gasteiger partial charge >= 0.3 is 0 Å². The molecular weight excluding hydrogens is 209 g/mol. The highest BCUT2D eigenvalue weighted by molar-refractivity contribution is 7.97. The molecule has 1 aromatic carbocycles. The summed E-state index contributed by atoms with van der Waals surface area (Å²) in [5.74, 6) is -0.210. The molecule has 0 aliphatic heterocycles. The van der Waals surface area contributed by atoms with Crippen molar-refractivity contribution in [2.75, 3.05) is 13.1 Å². The number of halogens is 1. The number of nitrogens with zero attached hydrogens (tertiary/aromatic N) is 1. The summed E-state index contributed by atoms with van der Waals surface area (Å²) in [6.07, 6.45) is 3.67. The average Bonchev–Trinajstić information content (AvgIpc) is 2.22. The molecule has 15 heavy (non-hydrogen) atoms. The van der Waals surface area contributed by atoms with E-state index >= 15 is 0 Å². The van der Waals surface area contributed by atoms with E-state index in [0.29, 0.717) is 0 Å². The van der Waals surface area contributed by atoms with Gasteiger partial charge in [0.2, 0.25) is 0 Å². The van der Waals surface area contributed by atoms with Gasteiger partial charge in [-0.2, -0.15) is 0 Å². The van der Waals surface area contributed by atoms with Crippen molar-refractivity contribution in [3.63, 3.8) is 0 Å². The van der Waals surface area contributed by atoms with Crippen LogP contribution in [-0.2, 0) is 0 Å². The Labute approximate surface area is 94.4 Å². The minimum Gasteiger partial charge on any atom is -0.239 e. The Morgan fingerprint density at radius 3 is 2.13 bits per heavy atom. The van der Waals surface area contributed by atoms with Crippen molar-refractivity contribution in [3.8, 4) is 0 Å². The van der Waals surface area contributed by atoms with Crippen LogP contribution in [0.3, 0.4) is 0 Å². The highest BCUT2D eigenvalue weighted by Crippen LogP contribution is 2.22. The molecule has 0 aromatic heterocycles. The van der Waals surface area contributed by atoms with Gasteiger partial charge in [0, 0.05) is 18.0 Å². The fourth-order valence-corrected chi connectivity index (χ4v) is 2.00. The van der Waals surface area contributed by atoms with Gasteiger partial charge in [-0.05, 0) is 36.2 Å². The molecule has 80 valence electrons. The van der Waals surface area contributed by atoms with Crippen LogP contribution in [0.15, 0.2) is 54.5 Å². The molecule has 0 spiro atoms. The first kappa shape index (κ1) is 12.0. The summed E-state index contributed by atoms with van der Waals surface area (Å²) in [4.78, 5) is 1.01. The first-order chi connectivity index (χ1) is 7.26. The van der Waals surface area contributed by atoms with Crippen LogP contribution in [0.1, 0.15) is 0 Å². The molecule has 0 N–H and O–H groups in total. The monoisotopic (exact) mass is 223 g/mol. The van der Waals surface area contributed by atoms with E-state index in [4.69, 9.17) is 0 Å². The zero-order chi connectivity index (χ0) is 11.1. The molecule has 1 rings (SSSR count). The van der Waals surface area contributed by atoms with Crippen molar-refractivity contribution in [1.82, 2.24) is 4.31 Å². The van der Waals surface area contributed by atoms with Crippen molar-refractivity contribution in [1.29, 1.82) is 0 Å². The zero-order valence-electron chi connectivity index (χ0n) is 8.53. The van der Waals surface area contributed by atoms with Crippen LogP contribution in [0.4, 0.5) is 4.39 Å². The van der Waals surface area contributed by atoms with Crippen LogP contribution in [-0.4, -0.2) is 17.4 Å². The van der Waals surface area contributed by atoms with E-state index in [1.54, 1.807) is 24.1 Å². The van der Waals surface area contributed by atoms with Gasteiger partial charge in [-0.3, -0.25) is 0 Å². The lowest BCUT2D eigenvalue weighted by atomic mass is 10.4. The lowest BCUT2D eigenvalue weighted by Gasteiger charge is -2.16. The molecule has 0 radical (unpaired) electrons. The van der Waals surface area contributed by atoms with E-state index in [0.717, 1.165) is 18.0 Å². The average molecular weight is 223 g/mol. The van der Waals surface area contributed by atoms with E-state index in [2.05, 4.69) is 17.5 Å². The maximum atomic E-state index is 12.7. The predicted molar refractivity (Wildman–Crippen MR) is 64.2 cm³/mol. The zero-order valence-corrected chi connectivity index (χ0v) is 9.34. The largest absolute Gasteiger partial charge is 0.239 e. The second-order valence-electron chi connectivity index (χ2n) is 2.97. The smallest absolute Gasteiger partial charge is 0.123 e. The highest BCUT2D eigenvalue weighted by atomic mass is 32.2. The SMILES string of the molecule is C=CCN(CC=C)Sc1ccc(F)cc1. The summed E-state index contributed by atoms with van der Waals surface area (Å²) in [5.41, 5.74) is 0. The summed E-state index contributed by atoms with van der Waals surface area (Å²) in [5, 5.41) is 0. The van der Waals surface area contributed by atoms with Crippen molar-refractivity contribution in [2.45, 2.75) is 4.90 Å². The summed E-state index contributed by atoms with van der Waals surface area (Å²) >= 11 is 1.57. The van der Waals surface area contributed by atoms with E-state index in [-0.39, 0.29) is 5.82 Å². The quantitative estimate of drug-likeness (QED) is 0.536. The molecule has 1 nitrogen and oxygen atoms in total. The molecule has 0 amide bonds. The summed E-state index contributed by atoms with van der Waals surface area (Å²) in [6.45, 7) is 8.92. The van der Waals surface area contributed by atoms with E-state index < -0.39 is 0 Å². The standard InChI is InChI=1S/C12H14FNS/c1-3-9-14(10-4-2)15-12-7-5-11(13)6-8-12/h3-8H,1-2,9-10H2. The van der Waals surface area contributed by atoms with Gasteiger partial charge in [-0.25, -0.2) is 8.70 Å². The van der Waals surface area contributed by atoms with Gasteiger partial charge in [0.25, 0.3) is 0 Å². The van der Waals surface area contributed by atoms with Gasteiger partial charge in [-0.15, -0.1) is 13.2 Å². The van der Waals surface area contributed by atoms with Crippen LogP contribution >= 0.6 is 11.9 Å². The van der Waals surface area contributed by atoms with Crippen molar-refractivity contribution in [2.24, 2.45) is 0 Å². The lowest BCUT2D eigenvalue weighted by molar-refractivity contribution is 0.579. The number of rotatable bonds is 6. The fraction of sp³-hybridized carbons (Fsp3) is 0.167. The van der Waals surface area contributed by atoms with Gasteiger partial charge < -0.3 is 0 Å². The lowest BCUT2D eigenvalue weighted by Crippen LogP contribution is -2.14. The molecule has 0 fully saturated rings. The van der Waals surface area contributed by atoms with Crippen LogP contribution in [0.2, 0.25) is 0 Å². The van der Waals surface area contributed by atoms with Crippen molar-refractivity contribution in [3.05, 3.63) is 55.4 Å². The fourth-order valence-electron chi connectivity index (χ4n) is 1.08. The maximum Gasteiger partial charge on any atom is 0.123 e. The Hall–Kier alpha value is -1.06. The second-order valence-corrected chi connectivity index (χ2v) is 4.14. The minimum atomic E-state index is -0.210. The Morgan fingerprint density at radius 2 is 1.67 bits per heavy atom. The number of hydrogen-bond donors (Lipinski definition) is 0. The third-order valence-corrected chi connectivity index (χ3v) is 2.75. The second kappa shape index (κ2) is 6.43. The molecule has 0 bridgehead atoms. The molecule has 0 saturated heterocycles. The molecule has 0 saturated carbocycles. The minimum absolute atomic E-state index is 0.210. The van der Waals surface area contributed by atoms with Crippen molar-refractivity contribution < 1.29 is 4.39 Å². The molecular formula is C12H14FNS. The van der Waals surface area contributed by atoms with Crippen LogP contribution in [0.25, 0.3) is 0 Å². The normalized spacial score (nSPS) is 10.3. The topological polar surface area (TPSA) is 3.24 Å². The third-order valence-electron chi connectivity index (χ3n) is 1.71. The van der Waals surface area contributed by atoms with Gasteiger partial charge in [0.15, 0.2) is 0 Å². The van der Waals surface area contributed by atoms with Crippen LogP contribution in [0, 0.1) is 5.82 Å². The highest BCUT2D eigenvalue weighted by Gasteiger charge is 2.03. The molecule has 3 heteroatoms.